The van der Waals surface area contributed by atoms with Gasteiger partial charge in [-0.1, -0.05) is 53.6 Å². The van der Waals surface area contributed by atoms with Crippen molar-refractivity contribution in [3.8, 4) is 0 Å². The van der Waals surface area contributed by atoms with E-state index in [9.17, 15) is 0 Å². The summed E-state index contributed by atoms with van der Waals surface area (Å²) in [5.41, 5.74) is 7.71. The topological polar surface area (TPSA) is 12.4 Å². The number of hydrogen-bond donors (Lipinski definition) is 0. The molecule has 0 atom stereocenters. The Labute approximate surface area is 135 Å². The monoisotopic (exact) mass is 293 g/mol. The SMILES string of the molecule is CN=C/C=C(C)/C=C/C=C(C)/C=C/c1c(C)cc(C)cc1C. The second-order valence-corrected chi connectivity index (χ2v) is 5.73. The minimum Gasteiger partial charge on any atom is -0.297 e. The average molecular weight is 293 g/mol. The quantitative estimate of drug-likeness (QED) is 0.482. The lowest BCUT2D eigenvalue weighted by molar-refractivity contribution is 1.30. The summed E-state index contributed by atoms with van der Waals surface area (Å²) in [4.78, 5) is 3.94. The summed E-state index contributed by atoms with van der Waals surface area (Å²) in [5, 5.41) is 0. The van der Waals surface area contributed by atoms with E-state index in [0.29, 0.717) is 0 Å². The van der Waals surface area contributed by atoms with Crippen LogP contribution in [0.4, 0.5) is 0 Å². The molecule has 22 heavy (non-hydrogen) atoms. The Balaban J connectivity index is 2.82. The molecule has 0 bridgehead atoms. The van der Waals surface area contributed by atoms with Crippen LogP contribution < -0.4 is 0 Å². The van der Waals surface area contributed by atoms with E-state index in [4.69, 9.17) is 0 Å². The van der Waals surface area contributed by atoms with E-state index < -0.39 is 0 Å². The molecule has 1 nitrogen and oxygen atoms in total. The lowest BCUT2D eigenvalue weighted by Crippen LogP contribution is -1.88. The first kappa shape index (κ1) is 17.9. The van der Waals surface area contributed by atoms with Crippen molar-refractivity contribution in [1.82, 2.24) is 0 Å². The largest absolute Gasteiger partial charge is 0.297 e. The van der Waals surface area contributed by atoms with Crippen LogP contribution in [0, 0.1) is 20.8 Å². The molecule has 1 heteroatoms. The van der Waals surface area contributed by atoms with Gasteiger partial charge in [0.2, 0.25) is 0 Å². The van der Waals surface area contributed by atoms with Crippen molar-refractivity contribution < 1.29 is 0 Å². The van der Waals surface area contributed by atoms with Gasteiger partial charge in [-0.2, -0.15) is 0 Å². The Hall–Kier alpha value is -2.15. The van der Waals surface area contributed by atoms with E-state index in [0.717, 1.165) is 0 Å². The third-order valence-corrected chi connectivity index (χ3v) is 3.46. The fraction of sp³-hybridized carbons (Fsp3) is 0.286. The minimum absolute atomic E-state index is 1.18. The van der Waals surface area contributed by atoms with E-state index >= 15 is 0 Å². The molecule has 0 aliphatic carbocycles. The van der Waals surface area contributed by atoms with Crippen LogP contribution in [0.3, 0.4) is 0 Å². The van der Waals surface area contributed by atoms with Crippen LogP contribution >= 0.6 is 0 Å². The van der Waals surface area contributed by atoms with Crippen LogP contribution in [0.25, 0.3) is 6.08 Å². The van der Waals surface area contributed by atoms with Crippen molar-refractivity contribution in [2.45, 2.75) is 34.6 Å². The molecule has 0 spiro atoms. The third kappa shape index (κ3) is 6.09. The maximum absolute atomic E-state index is 3.94. The second kappa shape index (κ2) is 8.99. The molecule has 0 saturated heterocycles. The Morgan fingerprint density at radius 3 is 2.09 bits per heavy atom. The smallest absolute Gasteiger partial charge is 0.0277 e. The van der Waals surface area contributed by atoms with Gasteiger partial charge < -0.3 is 0 Å². The average Bonchev–Trinajstić information content (AvgIpc) is 2.43. The normalized spacial score (nSPS) is 13.9. The highest BCUT2D eigenvalue weighted by Gasteiger charge is 1.99. The summed E-state index contributed by atoms with van der Waals surface area (Å²) in [6.07, 6.45) is 14.5. The van der Waals surface area contributed by atoms with Crippen LogP contribution in [0.2, 0.25) is 0 Å². The van der Waals surface area contributed by atoms with E-state index in [-0.39, 0.29) is 0 Å². The predicted molar refractivity (Wildman–Crippen MR) is 101 cm³/mol. The first-order chi connectivity index (χ1) is 10.4. The highest BCUT2D eigenvalue weighted by Crippen LogP contribution is 2.18. The van der Waals surface area contributed by atoms with Crippen molar-refractivity contribution in [2.75, 3.05) is 7.05 Å². The fourth-order valence-electron chi connectivity index (χ4n) is 2.32. The Morgan fingerprint density at radius 2 is 1.50 bits per heavy atom. The Kier molecular flexibility index (Phi) is 7.31. The van der Waals surface area contributed by atoms with Crippen LogP contribution in [0.5, 0.6) is 0 Å². The van der Waals surface area contributed by atoms with E-state index in [1.807, 2.05) is 6.08 Å². The molecular formula is C21H27N. The van der Waals surface area contributed by atoms with Gasteiger partial charge in [0.25, 0.3) is 0 Å². The number of hydrogen-bond acceptors (Lipinski definition) is 1. The number of rotatable bonds is 5. The van der Waals surface area contributed by atoms with Crippen molar-refractivity contribution in [2.24, 2.45) is 4.99 Å². The van der Waals surface area contributed by atoms with Gasteiger partial charge in [-0.25, -0.2) is 0 Å². The van der Waals surface area contributed by atoms with E-state index in [2.05, 4.69) is 82.1 Å². The van der Waals surface area contributed by atoms with Gasteiger partial charge in [-0.3, -0.25) is 4.99 Å². The zero-order valence-corrected chi connectivity index (χ0v) is 14.6. The van der Waals surface area contributed by atoms with E-state index in [1.165, 1.54) is 33.4 Å². The molecule has 0 unspecified atom stereocenters. The maximum Gasteiger partial charge on any atom is 0.0277 e. The van der Waals surface area contributed by atoms with Crippen LogP contribution in [-0.4, -0.2) is 13.3 Å². The molecule has 0 radical (unpaired) electrons. The van der Waals surface area contributed by atoms with Crippen LogP contribution in [0.15, 0.2) is 58.7 Å². The molecule has 0 aliphatic rings. The molecular weight excluding hydrogens is 266 g/mol. The maximum atomic E-state index is 3.94. The molecule has 1 rings (SSSR count). The molecule has 1 aromatic rings. The van der Waals surface area contributed by atoms with Gasteiger partial charge in [-0.15, -0.1) is 0 Å². The van der Waals surface area contributed by atoms with Gasteiger partial charge >= 0.3 is 0 Å². The molecule has 116 valence electrons. The van der Waals surface area contributed by atoms with Crippen molar-refractivity contribution in [3.63, 3.8) is 0 Å². The number of nitrogens with zero attached hydrogens (tertiary/aromatic N) is 1. The molecule has 0 N–H and O–H groups in total. The molecule has 0 heterocycles. The third-order valence-electron chi connectivity index (χ3n) is 3.46. The van der Waals surface area contributed by atoms with Gasteiger partial charge in [0.15, 0.2) is 0 Å². The highest BCUT2D eigenvalue weighted by atomic mass is 14.6. The molecule has 1 aromatic carbocycles. The molecule has 0 amide bonds. The second-order valence-electron chi connectivity index (χ2n) is 5.73. The standard InChI is InChI=1S/C21H27N/c1-16(8-7-9-17(2)12-13-22-6)10-11-21-19(4)14-18(3)15-20(21)5/h7-15H,1-6H3/b9-7+,11-10+,16-8+,17-12+,22-13?. The Bertz CT molecular complexity index is 629. The fourth-order valence-corrected chi connectivity index (χ4v) is 2.32. The Morgan fingerprint density at radius 1 is 0.909 bits per heavy atom. The summed E-state index contributed by atoms with van der Waals surface area (Å²) >= 11 is 0. The van der Waals surface area contributed by atoms with Crippen molar-refractivity contribution >= 4 is 12.3 Å². The number of aryl methyl sites for hydroxylation is 3. The zero-order chi connectivity index (χ0) is 16.5. The lowest BCUT2D eigenvalue weighted by atomic mass is 9.99. The van der Waals surface area contributed by atoms with E-state index in [1.54, 1.807) is 13.3 Å². The summed E-state index contributed by atoms with van der Waals surface area (Å²) in [6.45, 7) is 10.7. The number of allylic oxidation sites excluding steroid dienone is 7. The first-order valence-electron chi connectivity index (χ1n) is 7.64. The summed E-state index contributed by atoms with van der Waals surface area (Å²) < 4.78 is 0. The first-order valence-corrected chi connectivity index (χ1v) is 7.64. The lowest BCUT2D eigenvalue weighted by Gasteiger charge is -2.07. The zero-order valence-electron chi connectivity index (χ0n) is 14.6. The summed E-state index contributed by atoms with van der Waals surface area (Å²) in [5.74, 6) is 0. The predicted octanol–water partition coefficient (Wildman–Crippen LogP) is 5.77. The number of aliphatic imine (C=N–C) groups is 1. The number of benzene rings is 1. The van der Waals surface area contributed by atoms with Gasteiger partial charge in [-0.05, 0) is 63.0 Å². The molecule has 0 aromatic heterocycles. The molecule has 0 fully saturated rings. The highest BCUT2D eigenvalue weighted by molar-refractivity contribution is 5.72. The van der Waals surface area contributed by atoms with Crippen molar-refractivity contribution in [1.29, 1.82) is 0 Å². The van der Waals surface area contributed by atoms with Gasteiger partial charge in [0, 0.05) is 13.3 Å². The molecule has 0 aliphatic heterocycles. The van der Waals surface area contributed by atoms with Crippen molar-refractivity contribution in [3.05, 3.63) is 75.9 Å². The minimum atomic E-state index is 1.18. The molecule has 0 saturated carbocycles. The summed E-state index contributed by atoms with van der Waals surface area (Å²) in [6, 6.07) is 4.46. The van der Waals surface area contributed by atoms with Gasteiger partial charge in [0.1, 0.15) is 0 Å². The van der Waals surface area contributed by atoms with Crippen LogP contribution in [-0.2, 0) is 0 Å². The van der Waals surface area contributed by atoms with Crippen LogP contribution in [0.1, 0.15) is 36.1 Å². The van der Waals surface area contributed by atoms with Gasteiger partial charge in [0.05, 0.1) is 0 Å². The summed E-state index contributed by atoms with van der Waals surface area (Å²) in [7, 11) is 1.78.